The van der Waals surface area contributed by atoms with Gasteiger partial charge in [0.2, 0.25) is 0 Å². The second kappa shape index (κ2) is 12.9. The molecule has 0 aromatic heterocycles. The predicted octanol–water partition coefficient (Wildman–Crippen LogP) is 5.85. The van der Waals surface area contributed by atoms with Crippen LogP contribution in [0.1, 0.15) is 94.0 Å². The van der Waals surface area contributed by atoms with Gasteiger partial charge in [-0.1, -0.05) is 64.7 Å². The Hall–Kier alpha value is -2.51. The van der Waals surface area contributed by atoms with Gasteiger partial charge in [-0.15, -0.1) is 0 Å². The molecule has 0 radical (unpaired) electrons. The van der Waals surface area contributed by atoms with Gasteiger partial charge >= 0.3 is 0 Å². The average molecular weight is 408 g/mol. The van der Waals surface area contributed by atoms with E-state index < -0.39 is 27.1 Å². The Balaban J connectivity index is 2.50. The average Bonchev–Trinajstić information content (AvgIpc) is 2.66. The molecule has 0 spiro atoms. The Labute approximate surface area is 172 Å². The number of hydrogen-bond acceptors (Lipinski definition) is 5. The predicted molar refractivity (Wildman–Crippen MR) is 113 cm³/mol. The second-order valence-electron chi connectivity index (χ2n) is 7.64. The molecule has 162 valence electrons. The summed E-state index contributed by atoms with van der Waals surface area (Å²) in [6, 6.07) is 1.88. The van der Waals surface area contributed by atoms with Crippen molar-refractivity contribution in [1.29, 1.82) is 0 Å². The lowest BCUT2D eigenvalue weighted by Gasteiger charge is -2.15. The Morgan fingerprint density at radius 3 is 2.03 bits per heavy atom. The number of non-ortho nitro benzene ring substituents is 1. The molecule has 1 aromatic carbocycles. The van der Waals surface area contributed by atoms with E-state index in [4.69, 9.17) is 0 Å². The van der Waals surface area contributed by atoms with E-state index in [9.17, 15) is 25.0 Å². The lowest BCUT2D eigenvalue weighted by Crippen LogP contribution is -2.33. The molecule has 0 aliphatic rings. The van der Waals surface area contributed by atoms with Crippen molar-refractivity contribution in [1.82, 2.24) is 5.32 Å². The summed E-state index contributed by atoms with van der Waals surface area (Å²) in [5.74, 6) is -0.516. The van der Waals surface area contributed by atoms with Crippen LogP contribution in [0.15, 0.2) is 12.1 Å². The zero-order valence-corrected chi connectivity index (χ0v) is 17.7. The van der Waals surface area contributed by atoms with Gasteiger partial charge in [-0.2, -0.15) is 0 Å². The molecule has 29 heavy (non-hydrogen) atoms. The summed E-state index contributed by atoms with van der Waals surface area (Å²) >= 11 is 0. The lowest BCUT2D eigenvalue weighted by atomic mass is 10.0. The highest BCUT2D eigenvalue weighted by Crippen LogP contribution is 2.28. The van der Waals surface area contributed by atoms with E-state index >= 15 is 0 Å². The summed E-state index contributed by atoms with van der Waals surface area (Å²) in [6.45, 7) is 5.52. The fourth-order valence-electron chi connectivity index (χ4n) is 3.35. The summed E-state index contributed by atoms with van der Waals surface area (Å²) in [5, 5.41) is 25.0. The van der Waals surface area contributed by atoms with Crippen molar-refractivity contribution in [2.45, 2.75) is 91.0 Å². The maximum absolute atomic E-state index is 12.5. The first-order valence-corrected chi connectivity index (χ1v) is 10.5. The SMILES string of the molecule is CCCCCCCCCCC[C@H](C)NC(=O)c1cc([N+](=O)[O-])cc([N+](=O)[O-])c1C. The fourth-order valence-corrected chi connectivity index (χ4v) is 3.35. The molecule has 1 N–H and O–H groups in total. The third-order valence-electron chi connectivity index (χ3n) is 5.14. The van der Waals surface area contributed by atoms with Crippen molar-refractivity contribution in [2.75, 3.05) is 0 Å². The Bertz CT molecular complexity index is 706. The minimum atomic E-state index is -0.727. The Morgan fingerprint density at radius 2 is 1.52 bits per heavy atom. The molecular weight excluding hydrogens is 374 g/mol. The first-order valence-electron chi connectivity index (χ1n) is 10.5. The molecule has 1 atom stereocenters. The van der Waals surface area contributed by atoms with Gasteiger partial charge in [0.15, 0.2) is 0 Å². The molecule has 0 saturated carbocycles. The summed E-state index contributed by atoms with van der Waals surface area (Å²) in [5.41, 5.74) is -0.770. The topological polar surface area (TPSA) is 115 Å². The largest absolute Gasteiger partial charge is 0.350 e. The van der Waals surface area contributed by atoms with Gasteiger partial charge in [0.1, 0.15) is 0 Å². The molecule has 0 saturated heterocycles. The number of nitro benzene ring substituents is 2. The number of unbranched alkanes of at least 4 members (excludes halogenated alkanes) is 8. The third-order valence-corrected chi connectivity index (χ3v) is 5.14. The van der Waals surface area contributed by atoms with Gasteiger partial charge in [-0.25, -0.2) is 0 Å². The van der Waals surface area contributed by atoms with Gasteiger partial charge in [-0.3, -0.25) is 25.0 Å². The Kier molecular flexibility index (Phi) is 10.9. The zero-order chi connectivity index (χ0) is 21.8. The lowest BCUT2D eigenvalue weighted by molar-refractivity contribution is -0.394. The normalized spacial score (nSPS) is 11.8. The van der Waals surface area contributed by atoms with Crippen molar-refractivity contribution in [3.05, 3.63) is 43.5 Å². The van der Waals surface area contributed by atoms with Crippen molar-refractivity contribution in [3.63, 3.8) is 0 Å². The van der Waals surface area contributed by atoms with Crippen molar-refractivity contribution in [3.8, 4) is 0 Å². The van der Waals surface area contributed by atoms with Crippen LogP contribution in [0.4, 0.5) is 11.4 Å². The van der Waals surface area contributed by atoms with Gasteiger partial charge in [0, 0.05) is 17.7 Å². The van der Waals surface area contributed by atoms with Crippen LogP contribution in [-0.4, -0.2) is 21.8 Å². The highest BCUT2D eigenvalue weighted by molar-refractivity contribution is 5.97. The number of benzene rings is 1. The van der Waals surface area contributed by atoms with Crippen molar-refractivity contribution < 1.29 is 14.6 Å². The molecule has 1 rings (SSSR count). The van der Waals surface area contributed by atoms with E-state index in [0.717, 1.165) is 31.4 Å². The zero-order valence-electron chi connectivity index (χ0n) is 17.7. The van der Waals surface area contributed by atoms with Crippen LogP contribution in [0.5, 0.6) is 0 Å². The number of nitrogens with zero attached hydrogens (tertiary/aromatic N) is 2. The van der Waals surface area contributed by atoms with E-state index in [1.54, 1.807) is 0 Å². The number of nitro groups is 2. The molecule has 0 heterocycles. The van der Waals surface area contributed by atoms with Gasteiger partial charge in [0.25, 0.3) is 17.3 Å². The third kappa shape index (κ3) is 8.58. The van der Waals surface area contributed by atoms with E-state index in [2.05, 4.69) is 12.2 Å². The smallest absolute Gasteiger partial charge is 0.279 e. The van der Waals surface area contributed by atoms with E-state index in [-0.39, 0.29) is 17.2 Å². The number of hydrogen-bond donors (Lipinski definition) is 1. The molecule has 0 unspecified atom stereocenters. The fraction of sp³-hybridized carbons (Fsp3) is 0.667. The second-order valence-corrected chi connectivity index (χ2v) is 7.64. The molecule has 8 heteroatoms. The quantitative estimate of drug-likeness (QED) is 0.236. The highest BCUT2D eigenvalue weighted by Gasteiger charge is 2.25. The number of carbonyl (C=O) groups excluding carboxylic acids is 1. The molecule has 8 nitrogen and oxygen atoms in total. The molecule has 0 fully saturated rings. The maximum atomic E-state index is 12.5. The number of carbonyl (C=O) groups is 1. The number of amides is 1. The summed E-state index contributed by atoms with van der Waals surface area (Å²) < 4.78 is 0. The first-order chi connectivity index (χ1) is 13.8. The summed E-state index contributed by atoms with van der Waals surface area (Å²) in [4.78, 5) is 33.3. The van der Waals surface area contributed by atoms with Gasteiger partial charge in [-0.05, 0) is 20.3 Å². The standard InChI is InChI=1S/C21H33N3O5/c1-4-5-6-7-8-9-10-11-12-13-16(2)22-21(25)19-14-18(23(26)27)15-20(17(19)3)24(28)29/h14-16H,4-13H2,1-3H3,(H,22,25)/t16-/m0/s1. The number of nitrogens with one attached hydrogen (secondary N) is 1. The highest BCUT2D eigenvalue weighted by atomic mass is 16.6. The van der Waals surface area contributed by atoms with E-state index in [1.165, 1.54) is 51.9 Å². The minimum absolute atomic E-state index is 0.0233. The molecule has 0 aliphatic heterocycles. The van der Waals surface area contributed by atoms with Crippen LogP contribution in [0, 0.1) is 27.2 Å². The van der Waals surface area contributed by atoms with E-state index in [0.29, 0.717) is 0 Å². The molecular formula is C21H33N3O5. The molecule has 1 aromatic rings. The summed E-state index contributed by atoms with van der Waals surface area (Å²) in [6.07, 6.45) is 11.8. The number of rotatable bonds is 14. The van der Waals surface area contributed by atoms with Crippen LogP contribution in [-0.2, 0) is 0 Å². The maximum Gasteiger partial charge on any atom is 0.279 e. The van der Waals surface area contributed by atoms with Gasteiger partial charge < -0.3 is 5.32 Å². The van der Waals surface area contributed by atoms with Crippen LogP contribution in [0.25, 0.3) is 0 Å². The molecule has 0 bridgehead atoms. The van der Waals surface area contributed by atoms with Gasteiger partial charge in [0.05, 0.1) is 21.5 Å². The van der Waals surface area contributed by atoms with Crippen LogP contribution in [0.3, 0.4) is 0 Å². The summed E-state index contributed by atoms with van der Waals surface area (Å²) in [7, 11) is 0. The van der Waals surface area contributed by atoms with Crippen molar-refractivity contribution in [2.24, 2.45) is 0 Å². The van der Waals surface area contributed by atoms with Crippen LogP contribution >= 0.6 is 0 Å². The first kappa shape index (κ1) is 24.5. The van der Waals surface area contributed by atoms with E-state index in [1.807, 2.05) is 6.92 Å². The Morgan fingerprint density at radius 1 is 0.966 bits per heavy atom. The molecule has 0 aliphatic carbocycles. The van der Waals surface area contributed by atoms with Crippen LogP contribution < -0.4 is 5.32 Å². The monoisotopic (exact) mass is 407 g/mol. The van der Waals surface area contributed by atoms with Crippen LogP contribution in [0.2, 0.25) is 0 Å². The minimum Gasteiger partial charge on any atom is -0.350 e. The van der Waals surface area contributed by atoms with Crippen molar-refractivity contribution >= 4 is 17.3 Å². The molecule has 1 amide bonds.